The highest BCUT2D eigenvalue weighted by molar-refractivity contribution is 8.00. The number of aromatic nitrogens is 2. The molecule has 310 valence electrons. The Kier molecular flexibility index (Phi) is 14.8. The molecule has 1 aliphatic rings. The largest absolute Gasteiger partial charge is 0.497 e. The summed E-state index contributed by atoms with van der Waals surface area (Å²) in [5.41, 5.74) is 0.641. The number of thioether (sulfide) groups is 1. The second-order valence-corrected chi connectivity index (χ2v) is 23.9. The van der Waals surface area contributed by atoms with Gasteiger partial charge in [-0.25, -0.2) is 9.46 Å². The predicted octanol–water partition coefficient (Wildman–Crippen LogP) is 8.94. The lowest BCUT2D eigenvalue weighted by atomic mass is 9.80. The summed E-state index contributed by atoms with van der Waals surface area (Å²) in [5, 5.41) is -1.09. The van der Waals surface area contributed by atoms with Gasteiger partial charge >= 0.3 is 5.69 Å². The standard InChI is InChI=1S/C43H60N3O8PSSi/c1-29(2)46(30(3)4)55(51-10)53-38-36(56-40(45-27-26-37(47)44-41(45)48)39(38)54-57(11,12)42(5,6)7)28-52-43(31-16-14-13-15-17-31,32-18-22-34(49-8)23-19-32)33-20-24-35(50-9)25-21-33/h13-27,29-30,36,38-40H,28H2,1-12H3,(H,44,47,48)/t36-,38-,39-,40-,55?/m1/s1. The fourth-order valence-electron chi connectivity index (χ4n) is 7.01. The Labute approximate surface area is 344 Å². The zero-order valence-electron chi connectivity index (χ0n) is 35.3. The van der Waals surface area contributed by atoms with Crippen LogP contribution in [0.2, 0.25) is 18.1 Å². The second kappa shape index (κ2) is 18.8. The molecule has 0 amide bonds. The van der Waals surface area contributed by atoms with Crippen LogP contribution in [-0.2, 0) is 23.8 Å². The lowest BCUT2D eigenvalue weighted by molar-refractivity contribution is -0.0198. The van der Waals surface area contributed by atoms with E-state index >= 15 is 0 Å². The van der Waals surface area contributed by atoms with Gasteiger partial charge in [-0.15, -0.1) is 11.8 Å². The number of methoxy groups -OCH3 is 2. The highest BCUT2D eigenvalue weighted by Gasteiger charge is 2.54. The second-order valence-electron chi connectivity index (χ2n) is 16.3. The lowest BCUT2D eigenvalue weighted by Crippen LogP contribution is -2.50. The van der Waals surface area contributed by atoms with E-state index in [1.807, 2.05) is 66.7 Å². The maximum absolute atomic E-state index is 13.6. The van der Waals surface area contributed by atoms with Gasteiger partial charge < -0.3 is 27.7 Å². The average molecular weight is 838 g/mol. The summed E-state index contributed by atoms with van der Waals surface area (Å²) >= 11 is 1.56. The monoisotopic (exact) mass is 837 g/mol. The molecule has 57 heavy (non-hydrogen) atoms. The van der Waals surface area contributed by atoms with Crippen LogP contribution in [0.25, 0.3) is 0 Å². The Hall–Kier alpha value is -3.26. The fraction of sp³-hybridized carbons (Fsp3) is 0.488. The summed E-state index contributed by atoms with van der Waals surface area (Å²) in [6.45, 7) is 19.7. The van der Waals surface area contributed by atoms with Crippen LogP contribution in [0.4, 0.5) is 0 Å². The van der Waals surface area contributed by atoms with Crippen LogP contribution in [0.15, 0.2) is 101 Å². The minimum Gasteiger partial charge on any atom is -0.497 e. The minimum absolute atomic E-state index is 0.119. The molecule has 1 N–H and O–H groups in total. The van der Waals surface area contributed by atoms with E-state index < -0.39 is 51.3 Å². The molecule has 3 aromatic carbocycles. The summed E-state index contributed by atoms with van der Waals surface area (Å²) < 4.78 is 43.2. The summed E-state index contributed by atoms with van der Waals surface area (Å²) in [5.74, 6) is 1.45. The number of H-pyrrole nitrogens is 1. The summed E-state index contributed by atoms with van der Waals surface area (Å²) in [4.78, 5) is 28.4. The number of rotatable bonds is 17. The maximum atomic E-state index is 13.6. The van der Waals surface area contributed by atoms with Crippen molar-refractivity contribution in [1.29, 1.82) is 0 Å². The van der Waals surface area contributed by atoms with Crippen molar-refractivity contribution in [3.8, 4) is 11.5 Å². The van der Waals surface area contributed by atoms with Crippen LogP contribution in [-0.4, -0.2) is 80.0 Å². The van der Waals surface area contributed by atoms with E-state index in [4.69, 9.17) is 27.7 Å². The quantitative estimate of drug-likeness (QED) is 0.0629. The van der Waals surface area contributed by atoms with Crippen molar-refractivity contribution in [2.24, 2.45) is 0 Å². The van der Waals surface area contributed by atoms with Crippen molar-refractivity contribution in [1.82, 2.24) is 14.2 Å². The molecule has 14 heteroatoms. The molecule has 11 nitrogen and oxygen atoms in total. The SMILES string of the molecule is COc1ccc(C(OC[C@H]2S[C@@H](n3ccc(=O)[nH]c3=O)[C@H](O[Si](C)(C)C(C)(C)C)[C@@H]2OP(OC)N(C(C)C)C(C)C)(c2ccccc2)c2ccc(OC)cc2)cc1. The summed E-state index contributed by atoms with van der Waals surface area (Å²) in [7, 11) is 0.886. The molecule has 1 aromatic heterocycles. The first-order valence-electron chi connectivity index (χ1n) is 19.4. The van der Waals surface area contributed by atoms with Gasteiger partial charge in [-0.1, -0.05) is 75.4 Å². The first-order chi connectivity index (χ1) is 27.0. The number of aromatic amines is 1. The topological polar surface area (TPSA) is 113 Å². The number of ether oxygens (including phenoxy) is 3. The molecule has 0 bridgehead atoms. The van der Waals surface area contributed by atoms with Crippen molar-refractivity contribution >= 4 is 28.6 Å². The van der Waals surface area contributed by atoms with Crippen molar-refractivity contribution in [3.63, 3.8) is 0 Å². The van der Waals surface area contributed by atoms with E-state index in [0.29, 0.717) is 0 Å². The van der Waals surface area contributed by atoms with Crippen LogP contribution in [0.3, 0.4) is 0 Å². The van der Waals surface area contributed by atoms with Gasteiger partial charge in [-0.2, -0.15) is 0 Å². The number of hydrogen-bond donors (Lipinski definition) is 1. The van der Waals surface area contributed by atoms with E-state index in [1.165, 1.54) is 6.07 Å². The van der Waals surface area contributed by atoms with Gasteiger partial charge in [0, 0.05) is 31.5 Å². The van der Waals surface area contributed by atoms with E-state index in [9.17, 15) is 9.59 Å². The third-order valence-corrected chi connectivity index (χ3v) is 18.9. The zero-order chi connectivity index (χ0) is 41.7. The maximum Gasteiger partial charge on any atom is 0.329 e. The molecular formula is C43H60N3O8PSSi. The van der Waals surface area contributed by atoms with Crippen LogP contribution < -0.4 is 20.7 Å². The normalized spacial score (nSPS) is 19.7. The first kappa shape index (κ1) is 44.8. The molecule has 4 aromatic rings. The van der Waals surface area contributed by atoms with Crippen LogP contribution in [0, 0.1) is 0 Å². The van der Waals surface area contributed by atoms with Crippen LogP contribution in [0.5, 0.6) is 11.5 Å². The molecule has 0 spiro atoms. The molecule has 1 saturated heterocycles. The van der Waals surface area contributed by atoms with Crippen molar-refractivity contribution in [3.05, 3.63) is 129 Å². The molecule has 0 aliphatic carbocycles. The molecule has 5 rings (SSSR count). The summed E-state index contributed by atoms with van der Waals surface area (Å²) in [6, 6.07) is 27.7. The van der Waals surface area contributed by atoms with Gasteiger partial charge in [0.25, 0.3) is 14.1 Å². The van der Waals surface area contributed by atoms with E-state index in [0.717, 1.165) is 28.2 Å². The lowest BCUT2D eigenvalue weighted by Gasteiger charge is -2.43. The van der Waals surface area contributed by atoms with E-state index in [2.05, 4.69) is 83.3 Å². The Balaban J connectivity index is 1.71. The highest BCUT2D eigenvalue weighted by atomic mass is 32.2. The van der Waals surface area contributed by atoms with Gasteiger partial charge in [0.2, 0.25) is 0 Å². The average Bonchev–Trinajstić information content (AvgIpc) is 3.49. The van der Waals surface area contributed by atoms with Crippen molar-refractivity contribution in [2.75, 3.05) is 27.9 Å². The number of benzene rings is 3. The van der Waals surface area contributed by atoms with E-state index in [-0.39, 0.29) is 29.0 Å². The number of hydrogen-bond acceptors (Lipinski definition) is 10. The molecule has 5 atom stereocenters. The third kappa shape index (κ3) is 9.79. The summed E-state index contributed by atoms with van der Waals surface area (Å²) in [6.07, 6.45) is 0.347. The van der Waals surface area contributed by atoms with Gasteiger partial charge in [-0.05, 0) is 86.8 Å². The Morgan fingerprint density at radius 1 is 0.789 bits per heavy atom. The smallest absolute Gasteiger partial charge is 0.329 e. The van der Waals surface area contributed by atoms with Crippen molar-refractivity contribution in [2.45, 2.75) is 107 Å². The molecule has 2 heterocycles. The minimum atomic E-state index is -2.50. The van der Waals surface area contributed by atoms with Crippen molar-refractivity contribution < 1.29 is 27.7 Å². The fourth-order valence-corrected chi connectivity index (χ4v) is 11.6. The van der Waals surface area contributed by atoms with Gasteiger partial charge in [0.1, 0.15) is 34.7 Å². The molecular weight excluding hydrogens is 778 g/mol. The number of nitrogens with one attached hydrogen (secondary N) is 1. The third-order valence-electron chi connectivity index (χ3n) is 10.9. The molecule has 1 unspecified atom stereocenters. The molecule has 0 radical (unpaired) electrons. The highest BCUT2D eigenvalue weighted by Crippen LogP contribution is 2.55. The van der Waals surface area contributed by atoms with Crippen LogP contribution in [0.1, 0.15) is 70.5 Å². The molecule has 1 aliphatic heterocycles. The zero-order valence-corrected chi connectivity index (χ0v) is 38.1. The van der Waals surface area contributed by atoms with Gasteiger partial charge in [0.05, 0.1) is 26.1 Å². The van der Waals surface area contributed by atoms with E-state index in [1.54, 1.807) is 43.9 Å². The Morgan fingerprint density at radius 3 is 1.77 bits per heavy atom. The first-order valence-corrected chi connectivity index (χ1v) is 24.4. The van der Waals surface area contributed by atoms with Gasteiger partial charge in [-0.3, -0.25) is 14.3 Å². The Morgan fingerprint density at radius 2 is 1.32 bits per heavy atom. The molecule has 0 saturated carbocycles. The number of nitrogens with zero attached hydrogens (tertiary/aromatic N) is 2. The Bertz CT molecular complexity index is 1950. The van der Waals surface area contributed by atoms with Gasteiger partial charge in [0.15, 0.2) is 8.32 Å². The predicted molar refractivity (Wildman–Crippen MR) is 233 cm³/mol. The molecule has 1 fully saturated rings. The van der Waals surface area contributed by atoms with Crippen LogP contribution >= 0.6 is 20.3 Å².